The van der Waals surface area contributed by atoms with Crippen LogP contribution in [0.15, 0.2) is 41.4 Å². The van der Waals surface area contributed by atoms with Crippen LogP contribution in [0, 0.1) is 12.8 Å². The van der Waals surface area contributed by atoms with Gasteiger partial charge in [-0.15, -0.1) is 0 Å². The third kappa shape index (κ3) is 4.31. The Kier molecular flexibility index (Phi) is 5.43. The van der Waals surface area contributed by atoms with Gasteiger partial charge < -0.3 is 4.90 Å². The molecule has 0 unspecified atom stereocenters. The number of hydrogen-bond acceptors (Lipinski definition) is 4. The van der Waals surface area contributed by atoms with Crippen LogP contribution < -0.4 is 9.62 Å². The number of carbonyl (C=O) groups is 1. The fourth-order valence-electron chi connectivity index (χ4n) is 3.01. The molecule has 8 heteroatoms. The van der Waals surface area contributed by atoms with Crippen LogP contribution in [0.2, 0.25) is 0 Å². The summed E-state index contributed by atoms with van der Waals surface area (Å²) in [5.41, 5.74) is 1.68. The van der Waals surface area contributed by atoms with Crippen molar-refractivity contribution in [3.05, 3.63) is 42.2 Å². The lowest BCUT2D eigenvalue weighted by Gasteiger charge is -2.16. The van der Waals surface area contributed by atoms with Gasteiger partial charge in [-0.1, -0.05) is 6.92 Å². The second-order valence-electron chi connectivity index (χ2n) is 6.78. The number of sulfonamides is 1. The molecule has 0 aliphatic carbocycles. The number of rotatable bonds is 7. The number of amides is 1. The molecule has 1 aliphatic rings. The molecule has 3 rings (SSSR count). The van der Waals surface area contributed by atoms with Crippen molar-refractivity contribution in [1.82, 2.24) is 14.5 Å². The van der Waals surface area contributed by atoms with E-state index in [9.17, 15) is 13.2 Å². The highest BCUT2D eigenvalue weighted by Crippen LogP contribution is 2.23. The van der Waals surface area contributed by atoms with E-state index >= 15 is 0 Å². The molecule has 1 aromatic carbocycles. The van der Waals surface area contributed by atoms with Crippen LogP contribution >= 0.6 is 0 Å². The Bertz CT molecular complexity index is 874. The lowest BCUT2D eigenvalue weighted by atomic mass is 10.2. The summed E-state index contributed by atoms with van der Waals surface area (Å²) in [5.74, 6) is 0.187. The van der Waals surface area contributed by atoms with Crippen molar-refractivity contribution in [2.75, 3.05) is 18.0 Å². The average molecular weight is 376 g/mol. The van der Waals surface area contributed by atoms with Crippen LogP contribution in [0.25, 0.3) is 0 Å². The van der Waals surface area contributed by atoms with Gasteiger partial charge in [-0.05, 0) is 49.6 Å². The first-order valence-corrected chi connectivity index (χ1v) is 10.2. The predicted octanol–water partition coefficient (Wildman–Crippen LogP) is 1.93. The number of benzene rings is 1. The fraction of sp³-hybridized carbons (Fsp3) is 0.444. The van der Waals surface area contributed by atoms with E-state index in [1.807, 2.05) is 30.8 Å². The summed E-state index contributed by atoms with van der Waals surface area (Å²) in [6.07, 6.45) is 3.28. The van der Waals surface area contributed by atoms with E-state index in [-0.39, 0.29) is 16.7 Å². The standard InChI is InChI=1S/C18H24N4O3S/c1-14(13-21-11-9-15(2)20-21)12-19-26(24,25)17-7-5-16(6-8-17)22-10-3-4-18(22)23/h5-9,11,14,19H,3-4,10,12-13H2,1-2H3/t14-/m1/s1. The Hall–Kier alpha value is -2.19. The number of carbonyl (C=O) groups excluding carboxylic acids is 1. The van der Waals surface area contributed by atoms with Crippen LogP contribution in [0.1, 0.15) is 25.5 Å². The van der Waals surface area contributed by atoms with Crippen LogP contribution in [-0.4, -0.2) is 37.2 Å². The molecular weight excluding hydrogens is 352 g/mol. The SMILES string of the molecule is Cc1ccn(C[C@H](C)CNS(=O)(=O)c2ccc(N3CCCC3=O)cc2)n1. The molecule has 0 bridgehead atoms. The Labute approximate surface area is 154 Å². The van der Waals surface area contributed by atoms with E-state index in [1.54, 1.807) is 29.2 Å². The van der Waals surface area contributed by atoms with Gasteiger partial charge in [0.05, 0.1) is 10.6 Å². The maximum absolute atomic E-state index is 12.5. The molecule has 2 heterocycles. The second-order valence-corrected chi connectivity index (χ2v) is 8.55. The third-order valence-electron chi connectivity index (χ3n) is 4.43. The summed E-state index contributed by atoms with van der Waals surface area (Å²) in [4.78, 5) is 13.7. The van der Waals surface area contributed by atoms with Gasteiger partial charge in [-0.3, -0.25) is 9.48 Å². The number of aromatic nitrogens is 2. The third-order valence-corrected chi connectivity index (χ3v) is 5.87. The van der Waals surface area contributed by atoms with Crippen LogP contribution in [0.3, 0.4) is 0 Å². The highest BCUT2D eigenvalue weighted by atomic mass is 32.2. The van der Waals surface area contributed by atoms with E-state index in [0.29, 0.717) is 26.1 Å². The second kappa shape index (κ2) is 7.59. The van der Waals surface area contributed by atoms with Gasteiger partial charge in [0.25, 0.3) is 0 Å². The largest absolute Gasteiger partial charge is 0.312 e. The van der Waals surface area contributed by atoms with E-state index in [0.717, 1.165) is 17.8 Å². The van der Waals surface area contributed by atoms with Gasteiger partial charge in [0.2, 0.25) is 15.9 Å². The lowest BCUT2D eigenvalue weighted by Crippen LogP contribution is -2.30. The first-order valence-electron chi connectivity index (χ1n) is 8.75. The summed E-state index contributed by atoms with van der Waals surface area (Å²) < 4.78 is 29.4. The van der Waals surface area contributed by atoms with Gasteiger partial charge in [0.15, 0.2) is 0 Å². The summed E-state index contributed by atoms with van der Waals surface area (Å²) in [5, 5.41) is 4.31. The van der Waals surface area contributed by atoms with Crippen molar-refractivity contribution in [1.29, 1.82) is 0 Å². The van der Waals surface area contributed by atoms with Gasteiger partial charge in [0.1, 0.15) is 0 Å². The molecular formula is C18H24N4O3S. The minimum absolute atomic E-state index is 0.0846. The first kappa shape index (κ1) is 18.6. The van der Waals surface area contributed by atoms with E-state index in [2.05, 4.69) is 9.82 Å². The van der Waals surface area contributed by atoms with Crippen molar-refractivity contribution < 1.29 is 13.2 Å². The zero-order chi connectivity index (χ0) is 18.7. The van der Waals surface area contributed by atoms with Crippen molar-refractivity contribution in [3.63, 3.8) is 0 Å². The quantitative estimate of drug-likeness (QED) is 0.800. The summed E-state index contributed by atoms with van der Waals surface area (Å²) in [7, 11) is -3.58. The van der Waals surface area contributed by atoms with E-state index in [1.165, 1.54) is 0 Å². The molecule has 140 valence electrons. The fourth-order valence-corrected chi connectivity index (χ4v) is 4.18. The number of anilines is 1. The topological polar surface area (TPSA) is 84.3 Å². The van der Waals surface area contributed by atoms with Gasteiger partial charge in [-0.2, -0.15) is 5.10 Å². The molecule has 1 aromatic heterocycles. The summed E-state index contributed by atoms with van der Waals surface area (Å²) in [6.45, 7) is 5.55. The highest BCUT2D eigenvalue weighted by molar-refractivity contribution is 7.89. The molecule has 1 atom stereocenters. The molecule has 0 spiro atoms. The zero-order valence-corrected chi connectivity index (χ0v) is 15.9. The lowest BCUT2D eigenvalue weighted by molar-refractivity contribution is -0.117. The van der Waals surface area contributed by atoms with Crippen molar-refractivity contribution in [2.45, 2.75) is 38.1 Å². The van der Waals surface area contributed by atoms with Crippen LogP contribution in [0.4, 0.5) is 5.69 Å². The zero-order valence-electron chi connectivity index (χ0n) is 15.1. The van der Waals surface area contributed by atoms with E-state index < -0.39 is 10.0 Å². The molecule has 1 amide bonds. The Morgan fingerprint density at radius 3 is 2.54 bits per heavy atom. The molecule has 1 fully saturated rings. The first-order chi connectivity index (χ1) is 12.3. The molecule has 2 aromatic rings. The van der Waals surface area contributed by atoms with E-state index in [4.69, 9.17) is 0 Å². The van der Waals surface area contributed by atoms with Crippen molar-refractivity contribution in [2.24, 2.45) is 5.92 Å². The molecule has 1 saturated heterocycles. The number of nitrogens with zero attached hydrogens (tertiary/aromatic N) is 3. The van der Waals surface area contributed by atoms with Gasteiger partial charge in [0, 0.05) is 37.9 Å². The Balaban J connectivity index is 1.59. The summed E-state index contributed by atoms with van der Waals surface area (Å²) in [6, 6.07) is 8.39. The van der Waals surface area contributed by atoms with Gasteiger partial charge in [-0.25, -0.2) is 13.1 Å². The summed E-state index contributed by atoms with van der Waals surface area (Å²) >= 11 is 0. The highest BCUT2D eigenvalue weighted by Gasteiger charge is 2.22. The number of aryl methyl sites for hydroxylation is 1. The molecule has 1 aliphatic heterocycles. The average Bonchev–Trinajstić information content (AvgIpc) is 3.21. The Morgan fingerprint density at radius 2 is 1.96 bits per heavy atom. The molecule has 7 nitrogen and oxygen atoms in total. The number of hydrogen-bond donors (Lipinski definition) is 1. The normalized spacial score (nSPS) is 16.2. The monoisotopic (exact) mass is 376 g/mol. The van der Waals surface area contributed by atoms with Gasteiger partial charge >= 0.3 is 0 Å². The number of nitrogens with one attached hydrogen (secondary N) is 1. The maximum Gasteiger partial charge on any atom is 0.240 e. The minimum atomic E-state index is -3.58. The molecule has 26 heavy (non-hydrogen) atoms. The predicted molar refractivity (Wildman–Crippen MR) is 99.3 cm³/mol. The van der Waals surface area contributed by atoms with Crippen molar-refractivity contribution >= 4 is 21.6 Å². The van der Waals surface area contributed by atoms with Crippen molar-refractivity contribution in [3.8, 4) is 0 Å². The van der Waals surface area contributed by atoms with Crippen LogP contribution in [0.5, 0.6) is 0 Å². The molecule has 1 N–H and O–H groups in total. The van der Waals surface area contributed by atoms with Crippen LogP contribution in [-0.2, 0) is 21.4 Å². The Morgan fingerprint density at radius 1 is 1.23 bits per heavy atom. The molecule has 0 saturated carbocycles. The molecule has 0 radical (unpaired) electrons. The smallest absolute Gasteiger partial charge is 0.240 e. The maximum atomic E-state index is 12.5. The minimum Gasteiger partial charge on any atom is -0.312 e.